The number of carbonyl (C=O) groups excluding carboxylic acids is 1. The molecule has 1 saturated carbocycles. The number of carboxylic acids is 1. The number of rotatable bonds is 7. The lowest BCUT2D eigenvalue weighted by Crippen LogP contribution is -2.29. The van der Waals surface area contributed by atoms with Gasteiger partial charge in [-0.15, -0.1) is 11.6 Å². The van der Waals surface area contributed by atoms with E-state index in [0.717, 1.165) is 19.3 Å². The first-order valence-electron chi connectivity index (χ1n) is 6.19. The van der Waals surface area contributed by atoms with Crippen LogP contribution in [0.25, 0.3) is 0 Å². The Labute approximate surface area is 119 Å². The molecule has 6 heteroatoms. The van der Waals surface area contributed by atoms with Crippen molar-refractivity contribution in [3.8, 4) is 0 Å². The normalized spacial score (nSPS) is 20.4. The predicted molar refractivity (Wildman–Crippen MR) is 75.3 cm³/mol. The molecule has 0 aromatic carbocycles. The molecule has 0 heterocycles. The number of amides is 1. The molecule has 19 heavy (non-hydrogen) atoms. The van der Waals surface area contributed by atoms with Crippen LogP contribution in [0.15, 0.2) is 11.8 Å². The van der Waals surface area contributed by atoms with Crippen LogP contribution in [0.4, 0.5) is 0 Å². The number of hydrogen-bond acceptors (Lipinski definition) is 3. The van der Waals surface area contributed by atoms with E-state index in [1.165, 1.54) is 0 Å². The molecule has 0 radical (unpaired) electrons. The molecular weight excluding hydrogens is 268 g/mol. The van der Waals surface area contributed by atoms with Crippen molar-refractivity contribution in [2.45, 2.75) is 39.5 Å². The van der Waals surface area contributed by atoms with E-state index < -0.39 is 5.97 Å². The van der Waals surface area contributed by atoms with Gasteiger partial charge < -0.3 is 16.6 Å². The maximum Gasteiger partial charge on any atom is 0.352 e. The van der Waals surface area contributed by atoms with Gasteiger partial charge in [0.15, 0.2) is 0 Å². The first-order valence-corrected chi connectivity index (χ1v) is 6.72. The second-order valence-corrected chi connectivity index (χ2v) is 5.72. The Morgan fingerprint density at radius 2 is 2.00 bits per heavy atom. The number of unbranched alkanes of at least 4 members (excludes halogenated alkanes) is 2. The molecule has 0 aliphatic heterocycles. The summed E-state index contributed by atoms with van der Waals surface area (Å²) in [7, 11) is 0. The summed E-state index contributed by atoms with van der Waals surface area (Å²) in [6.45, 7) is 4.00. The highest BCUT2D eigenvalue weighted by atomic mass is 35.5. The molecular formula is C13H23ClN2O3. The predicted octanol–water partition coefficient (Wildman–Crippen LogP) is 2.69. The maximum atomic E-state index is 11.8. The van der Waals surface area contributed by atoms with Crippen LogP contribution in [0.1, 0.15) is 39.5 Å². The molecule has 110 valence electrons. The lowest BCUT2D eigenvalue weighted by atomic mass is 10.1. The smallest absolute Gasteiger partial charge is 0.352 e. The fourth-order valence-corrected chi connectivity index (χ4v) is 2.00. The number of carboxylic acid groups (broad SMARTS) is 1. The number of alkyl halides is 1. The van der Waals surface area contributed by atoms with Crippen LogP contribution >= 0.6 is 11.6 Å². The molecule has 0 aromatic rings. The van der Waals surface area contributed by atoms with Crippen LogP contribution < -0.4 is 11.5 Å². The molecule has 1 aliphatic carbocycles. The van der Waals surface area contributed by atoms with Crippen molar-refractivity contribution in [3.63, 3.8) is 0 Å². The van der Waals surface area contributed by atoms with E-state index in [1.54, 1.807) is 6.08 Å². The largest absolute Gasteiger partial charge is 0.477 e. The minimum atomic E-state index is -1.09. The molecule has 1 rings (SSSR count). The van der Waals surface area contributed by atoms with Crippen molar-refractivity contribution in [2.75, 3.05) is 5.88 Å². The SMILES string of the molecule is CC1(C)C[C@@H]1C(=O)N/C(=C\CCCCCl)C(=O)O.N. The Balaban J connectivity index is 0.00000324. The molecule has 0 saturated heterocycles. The van der Waals surface area contributed by atoms with E-state index >= 15 is 0 Å². The van der Waals surface area contributed by atoms with Crippen molar-refractivity contribution in [1.29, 1.82) is 0 Å². The molecule has 1 fully saturated rings. The molecule has 0 unspecified atom stereocenters. The van der Waals surface area contributed by atoms with Gasteiger partial charge in [0.1, 0.15) is 5.70 Å². The van der Waals surface area contributed by atoms with Crippen molar-refractivity contribution in [1.82, 2.24) is 11.5 Å². The number of allylic oxidation sites excluding steroid dienone is 1. The summed E-state index contributed by atoms with van der Waals surface area (Å²) in [5.41, 5.74) is -0.0101. The monoisotopic (exact) mass is 290 g/mol. The van der Waals surface area contributed by atoms with Crippen LogP contribution in [0.2, 0.25) is 0 Å². The van der Waals surface area contributed by atoms with E-state index in [0.29, 0.717) is 12.3 Å². The minimum Gasteiger partial charge on any atom is -0.477 e. The van der Waals surface area contributed by atoms with Gasteiger partial charge in [0.05, 0.1) is 0 Å². The zero-order chi connectivity index (χ0) is 13.8. The zero-order valence-corrected chi connectivity index (χ0v) is 12.3. The Kier molecular flexibility index (Phi) is 7.08. The van der Waals surface area contributed by atoms with Crippen LogP contribution in [0, 0.1) is 11.3 Å². The molecule has 1 atom stereocenters. The standard InChI is InChI=1S/C13H20ClNO3.H3N/c1-13(2)8-9(13)11(16)15-10(12(17)18)6-4-3-5-7-14;/h6,9H,3-5,7-8H2,1-2H3,(H,15,16)(H,17,18);1H3/b10-6-;/t9-;/m1./s1. The third-order valence-corrected chi connectivity index (χ3v) is 3.52. The molecule has 5 N–H and O–H groups in total. The van der Waals surface area contributed by atoms with Crippen LogP contribution in [0.3, 0.4) is 0 Å². The van der Waals surface area contributed by atoms with Gasteiger partial charge in [-0.2, -0.15) is 0 Å². The van der Waals surface area contributed by atoms with E-state index in [-0.39, 0.29) is 29.1 Å². The highest BCUT2D eigenvalue weighted by molar-refractivity contribution is 6.17. The molecule has 1 amide bonds. The number of nitrogens with one attached hydrogen (secondary N) is 1. The van der Waals surface area contributed by atoms with Gasteiger partial charge >= 0.3 is 5.97 Å². The first-order chi connectivity index (χ1) is 8.38. The molecule has 0 spiro atoms. The number of hydrogen-bond donors (Lipinski definition) is 3. The Morgan fingerprint density at radius 3 is 2.42 bits per heavy atom. The summed E-state index contributed by atoms with van der Waals surface area (Å²) in [6.07, 6.45) is 4.66. The van der Waals surface area contributed by atoms with E-state index in [2.05, 4.69) is 5.32 Å². The summed E-state index contributed by atoms with van der Waals surface area (Å²) >= 11 is 5.54. The van der Waals surface area contributed by atoms with Crippen LogP contribution in [-0.4, -0.2) is 22.9 Å². The lowest BCUT2D eigenvalue weighted by molar-refractivity contribution is -0.135. The average molecular weight is 291 g/mol. The van der Waals surface area contributed by atoms with E-state index in [4.69, 9.17) is 16.7 Å². The Hall–Kier alpha value is -1.07. The Bertz CT molecular complexity index is 367. The number of halogens is 1. The van der Waals surface area contributed by atoms with Gasteiger partial charge in [-0.05, 0) is 31.1 Å². The van der Waals surface area contributed by atoms with Crippen molar-refractivity contribution >= 4 is 23.5 Å². The topological polar surface area (TPSA) is 101 Å². The highest BCUT2D eigenvalue weighted by Gasteiger charge is 2.50. The van der Waals surface area contributed by atoms with Gasteiger partial charge in [0.2, 0.25) is 5.91 Å². The lowest BCUT2D eigenvalue weighted by Gasteiger charge is -2.07. The number of carbonyl (C=O) groups is 2. The quantitative estimate of drug-likeness (QED) is 0.381. The maximum absolute atomic E-state index is 11.8. The van der Waals surface area contributed by atoms with E-state index in [1.807, 2.05) is 13.8 Å². The first kappa shape index (κ1) is 17.9. The summed E-state index contributed by atoms with van der Waals surface area (Å²) in [5.74, 6) is -0.777. The number of aliphatic carboxylic acids is 1. The molecule has 1 aliphatic rings. The fourth-order valence-electron chi connectivity index (χ4n) is 1.81. The third-order valence-electron chi connectivity index (χ3n) is 3.25. The summed E-state index contributed by atoms with van der Waals surface area (Å²) < 4.78 is 0. The van der Waals surface area contributed by atoms with E-state index in [9.17, 15) is 9.59 Å². The summed E-state index contributed by atoms with van der Waals surface area (Å²) in [6, 6.07) is 0. The second kappa shape index (κ2) is 7.50. The second-order valence-electron chi connectivity index (χ2n) is 5.34. The zero-order valence-electron chi connectivity index (χ0n) is 11.5. The molecule has 5 nitrogen and oxygen atoms in total. The summed E-state index contributed by atoms with van der Waals surface area (Å²) in [5, 5.41) is 11.5. The van der Waals surface area contributed by atoms with Gasteiger partial charge in [-0.1, -0.05) is 19.9 Å². The van der Waals surface area contributed by atoms with Gasteiger partial charge in [-0.25, -0.2) is 4.79 Å². The highest BCUT2D eigenvalue weighted by Crippen LogP contribution is 2.51. The minimum absolute atomic E-state index is 0. The fraction of sp³-hybridized carbons (Fsp3) is 0.692. The molecule has 0 aromatic heterocycles. The third kappa shape index (κ3) is 5.61. The molecule has 0 bridgehead atoms. The Morgan fingerprint density at radius 1 is 1.42 bits per heavy atom. The van der Waals surface area contributed by atoms with Gasteiger partial charge in [0, 0.05) is 11.8 Å². The van der Waals surface area contributed by atoms with Gasteiger partial charge in [0.25, 0.3) is 0 Å². The van der Waals surface area contributed by atoms with Crippen molar-refractivity contribution in [3.05, 3.63) is 11.8 Å². The van der Waals surface area contributed by atoms with Crippen molar-refractivity contribution < 1.29 is 14.7 Å². The summed E-state index contributed by atoms with van der Waals surface area (Å²) in [4.78, 5) is 22.8. The van der Waals surface area contributed by atoms with Gasteiger partial charge in [-0.3, -0.25) is 4.79 Å². The van der Waals surface area contributed by atoms with Crippen LogP contribution in [-0.2, 0) is 9.59 Å². The van der Waals surface area contributed by atoms with Crippen molar-refractivity contribution in [2.24, 2.45) is 11.3 Å². The van der Waals surface area contributed by atoms with Crippen LogP contribution in [0.5, 0.6) is 0 Å². The average Bonchev–Trinajstić information content (AvgIpc) is 2.92.